The number of carbonyl (C=O) groups excluding carboxylic acids is 1. The highest BCUT2D eigenvalue weighted by atomic mass is 16.5. The standard InChI is InChI=1S/C16H25NO3/c1-4-14(2)17(12-15-8-6-5-7-9-15)16(18)13-20-11-10-19-3/h5-9,14H,4,10-13H2,1-3H3. The Kier molecular flexibility index (Phi) is 7.92. The normalized spacial score (nSPS) is 12.2. The van der Waals surface area contributed by atoms with E-state index in [1.54, 1.807) is 7.11 Å². The number of benzene rings is 1. The van der Waals surface area contributed by atoms with Crippen LogP contribution in [0.5, 0.6) is 0 Å². The maximum atomic E-state index is 12.3. The summed E-state index contributed by atoms with van der Waals surface area (Å²) in [6.45, 7) is 5.85. The number of hydrogen-bond donors (Lipinski definition) is 0. The Hall–Kier alpha value is -1.39. The van der Waals surface area contributed by atoms with Gasteiger partial charge in [-0.15, -0.1) is 0 Å². The van der Waals surface area contributed by atoms with E-state index in [0.29, 0.717) is 19.8 Å². The molecule has 0 aliphatic heterocycles. The van der Waals surface area contributed by atoms with E-state index < -0.39 is 0 Å². The van der Waals surface area contributed by atoms with Crippen molar-refractivity contribution >= 4 is 5.91 Å². The molecule has 0 bridgehead atoms. The van der Waals surface area contributed by atoms with Crippen molar-refractivity contribution in [1.29, 1.82) is 0 Å². The van der Waals surface area contributed by atoms with Gasteiger partial charge in [0.2, 0.25) is 5.91 Å². The minimum atomic E-state index is 0.0271. The zero-order valence-corrected chi connectivity index (χ0v) is 12.7. The topological polar surface area (TPSA) is 38.8 Å². The summed E-state index contributed by atoms with van der Waals surface area (Å²) < 4.78 is 10.2. The Morgan fingerprint density at radius 1 is 1.25 bits per heavy atom. The number of rotatable bonds is 9. The van der Waals surface area contributed by atoms with E-state index in [1.165, 1.54) is 0 Å². The van der Waals surface area contributed by atoms with Crippen molar-refractivity contribution in [2.45, 2.75) is 32.9 Å². The largest absolute Gasteiger partial charge is 0.382 e. The maximum Gasteiger partial charge on any atom is 0.249 e. The molecule has 20 heavy (non-hydrogen) atoms. The van der Waals surface area contributed by atoms with Crippen molar-refractivity contribution in [1.82, 2.24) is 4.90 Å². The SMILES string of the molecule is CCC(C)N(Cc1ccccc1)C(=O)COCCOC. The quantitative estimate of drug-likeness (QED) is 0.652. The fourth-order valence-corrected chi connectivity index (χ4v) is 1.87. The molecule has 112 valence electrons. The average Bonchev–Trinajstić information content (AvgIpc) is 2.49. The molecule has 1 rings (SSSR count). The van der Waals surface area contributed by atoms with E-state index in [1.807, 2.05) is 35.2 Å². The Morgan fingerprint density at radius 2 is 1.95 bits per heavy atom. The first kappa shape index (κ1) is 16.7. The second kappa shape index (κ2) is 9.50. The van der Waals surface area contributed by atoms with Gasteiger partial charge in [0, 0.05) is 19.7 Å². The van der Waals surface area contributed by atoms with Gasteiger partial charge >= 0.3 is 0 Å². The van der Waals surface area contributed by atoms with Crippen LogP contribution in [-0.2, 0) is 20.8 Å². The van der Waals surface area contributed by atoms with Crippen LogP contribution in [0.4, 0.5) is 0 Å². The van der Waals surface area contributed by atoms with Crippen molar-refractivity contribution in [3.8, 4) is 0 Å². The van der Waals surface area contributed by atoms with E-state index in [4.69, 9.17) is 9.47 Å². The number of carbonyl (C=O) groups is 1. The third kappa shape index (κ3) is 5.72. The van der Waals surface area contributed by atoms with E-state index in [2.05, 4.69) is 13.8 Å². The highest BCUT2D eigenvalue weighted by Crippen LogP contribution is 2.11. The van der Waals surface area contributed by atoms with Gasteiger partial charge in [0.25, 0.3) is 0 Å². The Morgan fingerprint density at radius 3 is 2.55 bits per heavy atom. The van der Waals surface area contributed by atoms with Gasteiger partial charge in [-0.25, -0.2) is 0 Å². The van der Waals surface area contributed by atoms with Crippen LogP contribution >= 0.6 is 0 Å². The molecule has 1 unspecified atom stereocenters. The van der Waals surface area contributed by atoms with Crippen LogP contribution in [0.15, 0.2) is 30.3 Å². The van der Waals surface area contributed by atoms with Crippen molar-refractivity contribution in [3.05, 3.63) is 35.9 Å². The van der Waals surface area contributed by atoms with Crippen molar-refractivity contribution in [3.63, 3.8) is 0 Å². The van der Waals surface area contributed by atoms with Crippen LogP contribution in [0.3, 0.4) is 0 Å². The molecule has 0 saturated heterocycles. The predicted octanol–water partition coefficient (Wildman–Crippen LogP) is 2.48. The third-order valence-electron chi connectivity index (χ3n) is 3.30. The predicted molar refractivity (Wildman–Crippen MR) is 79.4 cm³/mol. The smallest absolute Gasteiger partial charge is 0.249 e. The lowest BCUT2D eigenvalue weighted by Gasteiger charge is -2.28. The number of hydrogen-bond acceptors (Lipinski definition) is 3. The van der Waals surface area contributed by atoms with E-state index in [-0.39, 0.29) is 18.6 Å². The molecule has 1 atom stereocenters. The van der Waals surface area contributed by atoms with Gasteiger partial charge in [-0.1, -0.05) is 37.3 Å². The van der Waals surface area contributed by atoms with Crippen LogP contribution in [0, 0.1) is 0 Å². The molecule has 1 amide bonds. The number of ether oxygens (including phenoxy) is 2. The van der Waals surface area contributed by atoms with Gasteiger partial charge in [-0.05, 0) is 18.9 Å². The summed E-state index contributed by atoms with van der Waals surface area (Å²) in [5.41, 5.74) is 1.14. The van der Waals surface area contributed by atoms with Crippen LogP contribution in [-0.4, -0.2) is 43.8 Å². The summed E-state index contributed by atoms with van der Waals surface area (Å²) in [6.07, 6.45) is 0.927. The molecule has 0 saturated carbocycles. The second-order valence-corrected chi connectivity index (χ2v) is 4.81. The fraction of sp³-hybridized carbons (Fsp3) is 0.562. The zero-order chi connectivity index (χ0) is 14.8. The van der Waals surface area contributed by atoms with Crippen LogP contribution in [0.1, 0.15) is 25.8 Å². The lowest BCUT2D eigenvalue weighted by Crippen LogP contribution is -2.40. The molecule has 4 nitrogen and oxygen atoms in total. The van der Waals surface area contributed by atoms with Gasteiger partial charge in [0.1, 0.15) is 6.61 Å². The minimum Gasteiger partial charge on any atom is -0.382 e. The van der Waals surface area contributed by atoms with Crippen LogP contribution in [0.2, 0.25) is 0 Å². The summed E-state index contributed by atoms with van der Waals surface area (Å²) in [4.78, 5) is 14.1. The molecule has 0 radical (unpaired) electrons. The minimum absolute atomic E-state index is 0.0271. The Balaban J connectivity index is 2.57. The fourth-order valence-electron chi connectivity index (χ4n) is 1.87. The summed E-state index contributed by atoms with van der Waals surface area (Å²) in [5.74, 6) is 0.0271. The average molecular weight is 279 g/mol. The van der Waals surface area contributed by atoms with Gasteiger partial charge in [-0.2, -0.15) is 0 Å². The number of amides is 1. The molecule has 0 spiro atoms. The molecular formula is C16H25NO3. The van der Waals surface area contributed by atoms with Crippen molar-refractivity contribution < 1.29 is 14.3 Å². The first-order valence-corrected chi connectivity index (χ1v) is 7.09. The molecule has 0 heterocycles. The first-order valence-electron chi connectivity index (χ1n) is 7.09. The first-order chi connectivity index (χ1) is 9.69. The van der Waals surface area contributed by atoms with Crippen molar-refractivity contribution in [2.75, 3.05) is 26.9 Å². The number of methoxy groups -OCH3 is 1. The molecule has 1 aromatic carbocycles. The lowest BCUT2D eigenvalue weighted by atomic mass is 10.1. The van der Waals surface area contributed by atoms with Gasteiger partial charge < -0.3 is 14.4 Å². The molecule has 0 aliphatic carbocycles. The van der Waals surface area contributed by atoms with Gasteiger partial charge in [0.05, 0.1) is 13.2 Å². The molecular weight excluding hydrogens is 254 g/mol. The summed E-state index contributed by atoms with van der Waals surface area (Å²) in [6, 6.07) is 10.2. The Labute approximate surface area is 121 Å². The zero-order valence-electron chi connectivity index (χ0n) is 12.7. The summed E-state index contributed by atoms with van der Waals surface area (Å²) in [7, 11) is 1.62. The van der Waals surface area contributed by atoms with Gasteiger partial charge in [-0.3, -0.25) is 4.79 Å². The molecule has 0 aliphatic rings. The van der Waals surface area contributed by atoms with E-state index in [9.17, 15) is 4.79 Å². The lowest BCUT2D eigenvalue weighted by molar-refractivity contribution is -0.139. The summed E-state index contributed by atoms with van der Waals surface area (Å²) >= 11 is 0. The number of nitrogens with zero attached hydrogens (tertiary/aromatic N) is 1. The van der Waals surface area contributed by atoms with Crippen molar-refractivity contribution in [2.24, 2.45) is 0 Å². The molecule has 1 aromatic rings. The highest BCUT2D eigenvalue weighted by Gasteiger charge is 2.19. The molecule has 4 heteroatoms. The molecule has 0 aromatic heterocycles. The molecule has 0 N–H and O–H groups in total. The Bertz CT molecular complexity index is 381. The van der Waals surface area contributed by atoms with E-state index >= 15 is 0 Å². The van der Waals surface area contributed by atoms with Crippen LogP contribution in [0.25, 0.3) is 0 Å². The maximum absolute atomic E-state index is 12.3. The highest BCUT2D eigenvalue weighted by molar-refractivity contribution is 5.77. The van der Waals surface area contributed by atoms with E-state index in [0.717, 1.165) is 12.0 Å². The summed E-state index contributed by atoms with van der Waals surface area (Å²) in [5, 5.41) is 0. The third-order valence-corrected chi connectivity index (χ3v) is 3.30. The monoisotopic (exact) mass is 279 g/mol. The second-order valence-electron chi connectivity index (χ2n) is 4.81. The van der Waals surface area contributed by atoms with Crippen LogP contribution < -0.4 is 0 Å². The molecule has 0 fully saturated rings. The van der Waals surface area contributed by atoms with Gasteiger partial charge in [0.15, 0.2) is 0 Å².